The summed E-state index contributed by atoms with van der Waals surface area (Å²) < 4.78 is 10.1. The van der Waals surface area contributed by atoms with Gasteiger partial charge in [0.15, 0.2) is 11.7 Å². The fourth-order valence-electron chi connectivity index (χ4n) is 2.19. The third-order valence-corrected chi connectivity index (χ3v) is 3.62. The molecule has 0 saturated carbocycles. The molecule has 0 fully saturated rings. The van der Waals surface area contributed by atoms with Crippen molar-refractivity contribution in [2.24, 2.45) is 0 Å². The zero-order valence-electron chi connectivity index (χ0n) is 16.2. The van der Waals surface area contributed by atoms with Gasteiger partial charge in [0.05, 0.1) is 6.61 Å². The largest absolute Gasteiger partial charge is 0.484 e. The van der Waals surface area contributed by atoms with Crippen LogP contribution in [0.1, 0.15) is 6.92 Å². The van der Waals surface area contributed by atoms with Crippen molar-refractivity contribution in [3.63, 3.8) is 0 Å². The molecule has 2 rings (SSSR count). The lowest BCUT2D eigenvalue weighted by atomic mass is 10.2. The second kappa shape index (κ2) is 12.0. The van der Waals surface area contributed by atoms with Gasteiger partial charge in [0.2, 0.25) is 5.91 Å². The van der Waals surface area contributed by atoms with Gasteiger partial charge in [0, 0.05) is 23.5 Å². The number of thiocarbonyl (C=S) groups is 1. The van der Waals surface area contributed by atoms with Crippen molar-refractivity contribution in [2.75, 3.05) is 23.8 Å². The number of ether oxygens (including phenoxy) is 2. The highest BCUT2D eigenvalue weighted by Crippen LogP contribution is 2.15. The molecule has 0 aliphatic carbocycles. The van der Waals surface area contributed by atoms with Gasteiger partial charge in [-0.1, -0.05) is 24.3 Å². The van der Waals surface area contributed by atoms with Gasteiger partial charge < -0.3 is 20.1 Å². The number of carbonyl (C=O) groups excluding carboxylic acids is 3. The lowest BCUT2D eigenvalue weighted by Crippen LogP contribution is -2.33. The van der Waals surface area contributed by atoms with Gasteiger partial charge in [0.1, 0.15) is 5.75 Å². The second-order valence-electron chi connectivity index (χ2n) is 5.76. The number of para-hydroxylation sites is 1. The molecule has 2 amide bonds. The Morgan fingerprint density at radius 1 is 0.967 bits per heavy atom. The highest BCUT2D eigenvalue weighted by molar-refractivity contribution is 7.80. The summed E-state index contributed by atoms with van der Waals surface area (Å²) in [4.78, 5) is 35.0. The molecule has 0 saturated heterocycles. The number of amides is 2. The molecule has 0 atom stereocenters. The Balaban J connectivity index is 1.82. The average Bonchev–Trinajstić information content (AvgIpc) is 2.72. The van der Waals surface area contributed by atoms with E-state index in [-0.39, 0.29) is 24.2 Å². The predicted molar refractivity (Wildman–Crippen MR) is 117 cm³/mol. The first-order chi connectivity index (χ1) is 14.5. The van der Waals surface area contributed by atoms with Gasteiger partial charge in [-0.3, -0.25) is 14.9 Å². The molecular formula is C21H21N3O5S. The maximum absolute atomic E-state index is 12.1. The highest BCUT2D eigenvalue weighted by Gasteiger charge is 2.06. The topological polar surface area (TPSA) is 106 Å². The number of carbonyl (C=O) groups is 3. The summed E-state index contributed by atoms with van der Waals surface area (Å²) in [5.74, 6) is -0.925. The van der Waals surface area contributed by atoms with Crippen LogP contribution >= 0.6 is 12.2 Å². The van der Waals surface area contributed by atoms with E-state index in [1.807, 2.05) is 18.2 Å². The lowest BCUT2D eigenvalue weighted by Gasteiger charge is -2.11. The van der Waals surface area contributed by atoms with Gasteiger partial charge in [0.25, 0.3) is 5.91 Å². The molecule has 0 bridgehead atoms. The zero-order valence-corrected chi connectivity index (χ0v) is 17.0. The van der Waals surface area contributed by atoms with Crippen LogP contribution in [0, 0.1) is 0 Å². The van der Waals surface area contributed by atoms with Gasteiger partial charge in [-0.05, 0) is 49.5 Å². The quantitative estimate of drug-likeness (QED) is 0.338. The minimum atomic E-state index is -0.619. The molecule has 0 heterocycles. The van der Waals surface area contributed by atoms with E-state index in [1.54, 1.807) is 43.3 Å². The summed E-state index contributed by atoms with van der Waals surface area (Å²) in [6.45, 7) is 1.75. The van der Waals surface area contributed by atoms with Crippen molar-refractivity contribution in [1.82, 2.24) is 5.32 Å². The highest BCUT2D eigenvalue weighted by atomic mass is 32.1. The number of nitrogens with one attached hydrogen (secondary N) is 3. The Labute approximate surface area is 179 Å². The standard InChI is InChI=1S/C21H21N3O5S/c1-2-28-20(27)12-11-18(25)24-21(30)23-16-8-6-7-15(13-16)22-19(26)14-29-17-9-4-3-5-10-17/h3-13H,2,14H2,1H3,(H,22,26)(H2,23,24,25,30)/b12-11+. The molecule has 0 radical (unpaired) electrons. The molecule has 2 aromatic rings. The predicted octanol–water partition coefficient (Wildman–Crippen LogP) is 2.64. The van der Waals surface area contributed by atoms with Gasteiger partial charge >= 0.3 is 5.97 Å². The number of rotatable bonds is 8. The molecule has 30 heavy (non-hydrogen) atoms. The number of hydrogen-bond donors (Lipinski definition) is 3. The van der Waals surface area contributed by atoms with Crippen LogP contribution in [-0.2, 0) is 19.1 Å². The van der Waals surface area contributed by atoms with E-state index in [2.05, 4.69) is 20.7 Å². The molecule has 156 valence electrons. The molecule has 0 unspecified atom stereocenters. The van der Waals surface area contributed by atoms with Gasteiger partial charge in [-0.15, -0.1) is 0 Å². The maximum atomic E-state index is 12.1. The molecule has 3 N–H and O–H groups in total. The summed E-state index contributed by atoms with van der Waals surface area (Å²) in [7, 11) is 0. The molecular weight excluding hydrogens is 406 g/mol. The molecule has 2 aromatic carbocycles. The van der Waals surface area contributed by atoms with Crippen molar-refractivity contribution in [3.05, 3.63) is 66.7 Å². The van der Waals surface area contributed by atoms with Crippen molar-refractivity contribution < 1.29 is 23.9 Å². The van der Waals surface area contributed by atoms with E-state index < -0.39 is 11.9 Å². The zero-order chi connectivity index (χ0) is 21.8. The van der Waals surface area contributed by atoms with Crippen LogP contribution in [0.15, 0.2) is 66.7 Å². The Morgan fingerprint density at radius 3 is 2.37 bits per heavy atom. The molecule has 0 aliphatic rings. The number of esters is 1. The van der Waals surface area contributed by atoms with Crippen molar-refractivity contribution in [3.8, 4) is 5.75 Å². The molecule has 0 aliphatic heterocycles. The monoisotopic (exact) mass is 427 g/mol. The van der Waals surface area contributed by atoms with E-state index >= 15 is 0 Å². The first-order valence-electron chi connectivity index (χ1n) is 9.01. The van der Waals surface area contributed by atoms with Gasteiger partial charge in [-0.2, -0.15) is 0 Å². The SMILES string of the molecule is CCOC(=O)/C=C/C(=O)NC(=S)Nc1cccc(NC(=O)COc2ccccc2)c1. The Kier molecular flexibility index (Phi) is 9.01. The van der Waals surface area contributed by atoms with Crippen LogP contribution in [-0.4, -0.2) is 36.1 Å². The summed E-state index contributed by atoms with van der Waals surface area (Å²) in [6, 6.07) is 15.8. The minimum absolute atomic E-state index is 0.0318. The second-order valence-corrected chi connectivity index (χ2v) is 6.17. The fraction of sp³-hybridized carbons (Fsp3) is 0.143. The first kappa shape index (κ1) is 22.6. The van der Waals surface area contributed by atoms with Crippen LogP contribution in [0.2, 0.25) is 0 Å². The first-order valence-corrected chi connectivity index (χ1v) is 9.41. The summed E-state index contributed by atoms with van der Waals surface area (Å²) >= 11 is 5.07. The summed E-state index contributed by atoms with van der Waals surface area (Å²) in [5, 5.41) is 7.97. The van der Waals surface area contributed by atoms with Crippen molar-refractivity contribution in [2.45, 2.75) is 6.92 Å². The van der Waals surface area contributed by atoms with E-state index in [4.69, 9.17) is 17.0 Å². The van der Waals surface area contributed by atoms with Crippen molar-refractivity contribution in [1.29, 1.82) is 0 Å². The Morgan fingerprint density at radius 2 is 1.67 bits per heavy atom. The molecule has 9 heteroatoms. The van der Waals surface area contributed by atoms with E-state index in [0.717, 1.165) is 12.2 Å². The minimum Gasteiger partial charge on any atom is -0.484 e. The van der Waals surface area contributed by atoms with E-state index in [9.17, 15) is 14.4 Å². The maximum Gasteiger partial charge on any atom is 0.330 e. The Bertz CT molecular complexity index is 931. The van der Waals surface area contributed by atoms with Crippen molar-refractivity contribution >= 4 is 46.5 Å². The fourth-order valence-corrected chi connectivity index (χ4v) is 2.41. The third-order valence-electron chi connectivity index (χ3n) is 3.41. The molecule has 8 nitrogen and oxygen atoms in total. The summed E-state index contributed by atoms with van der Waals surface area (Å²) in [6.07, 6.45) is 2.03. The lowest BCUT2D eigenvalue weighted by molar-refractivity contribution is -0.137. The molecule has 0 aromatic heterocycles. The van der Waals surface area contributed by atoms with E-state index in [0.29, 0.717) is 17.1 Å². The van der Waals surface area contributed by atoms with Crippen LogP contribution < -0.4 is 20.7 Å². The number of benzene rings is 2. The average molecular weight is 427 g/mol. The Hall–Kier alpha value is -3.72. The molecule has 0 spiro atoms. The van der Waals surface area contributed by atoms with Crippen LogP contribution in [0.5, 0.6) is 5.75 Å². The van der Waals surface area contributed by atoms with Crippen LogP contribution in [0.3, 0.4) is 0 Å². The number of hydrogen-bond acceptors (Lipinski definition) is 6. The third kappa shape index (κ3) is 8.53. The number of anilines is 2. The van der Waals surface area contributed by atoms with E-state index in [1.165, 1.54) is 0 Å². The van der Waals surface area contributed by atoms with Crippen LogP contribution in [0.4, 0.5) is 11.4 Å². The van der Waals surface area contributed by atoms with Crippen LogP contribution in [0.25, 0.3) is 0 Å². The smallest absolute Gasteiger partial charge is 0.330 e. The summed E-state index contributed by atoms with van der Waals surface area (Å²) in [5.41, 5.74) is 1.08. The normalized spacial score (nSPS) is 10.2. The van der Waals surface area contributed by atoms with Gasteiger partial charge in [-0.25, -0.2) is 4.79 Å².